The number of fused-ring (bicyclic) bond motifs is 3. The number of nitrogens with one attached hydrogen (secondary N) is 1. The minimum absolute atomic E-state index is 0.207. The van der Waals surface area contributed by atoms with Gasteiger partial charge >= 0.3 is 6.09 Å². The van der Waals surface area contributed by atoms with E-state index in [1.54, 1.807) is 4.90 Å². The lowest BCUT2D eigenvalue weighted by molar-refractivity contribution is 0.118. The second-order valence-electron chi connectivity index (χ2n) is 5.05. The molecule has 3 rings (SSSR count). The van der Waals surface area contributed by atoms with E-state index in [2.05, 4.69) is 11.4 Å². The van der Waals surface area contributed by atoms with Gasteiger partial charge in [0, 0.05) is 12.2 Å². The zero-order valence-electron chi connectivity index (χ0n) is 10.6. The third-order valence-corrected chi connectivity index (χ3v) is 3.94. The van der Waals surface area contributed by atoms with E-state index in [9.17, 15) is 4.79 Å². The van der Waals surface area contributed by atoms with Gasteiger partial charge in [-0.1, -0.05) is 17.7 Å². The first-order valence-corrected chi connectivity index (χ1v) is 6.07. The zero-order valence-corrected chi connectivity index (χ0v) is 10.6. The maximum absolute atomic E-state index is 11.7. The molecule has 0 radical (unpaired) electrons. The van der Waals surface area contributed by atoms with Crippen LogP contribution in [0.1, 0.15) is 17.5 Å². The van der Waals surface area contributed by atoms with Crippen LogP contribution in [0.3, 0.4) is 0 Å². The van der Waals surface area contributed by atoms with Gasteiger partial charge in [-0.3, -0.25) is 4.90 Å². The summed E-state index contributed by atoms with van der Waals surface area (Å²) < 4.78 is 4.80. The predicted molar refractivity (Wildman–Crippen MR) is 68.2 cm³/mol. The molecular weight excluding hydrogens is 230 g/mol. The number of hydrogen-bond donors (Lipinski definition) is 2. The SMILES string of the molecule is COC(=O)N1CC[C@]2(N)c3cc(C)ccc3N[C@H]12. The summed E-state index contributed by atoms with van der Waals surface area (Å²) in [6, 6.07) is 6.16. The summed E-state index contributed by atoms with van der Waals surface area (Å²) in [6.07, 6.45) is 0.210. The molecule has 1 aromatic rings. The van der Waals surface area contributed by atoms with E-state index in [4.69, 9.17) is 10.5 Å². The van der Waals surface area contributed by atoms with E-state index < -0.39 is 5.54 Å². The van der Waals surface area contributed by atoms with Crippen molar-refractivity contribution in [2.24, 2.45) is 5.73 Å². The first kappa shape index (κ1) is 11.3. The van der Waals surface area contributed by atoms with Crippen LogP contribution in [0.5, 0.6) is 0 Å². The van der Waals surface area contributed by atoms with Crippen LogP contribution in [-0.4, -0.2) is 30.8 Å². The number of nitrogens with zero attached hydrogens (tertiary/aromatic N) is 1. The fraction of sp³-hybridized carbons (Fsp3) is 0.462. The van der Waals surface area contributed by atoms with Crippen LogP contribution in [0.2, 0.25) is 0 Å². The molecular formula is C13H17N3O2. The highest BCUT2D eigenvalue weighted by molar-refractivity contribution is 5.72. The summed E-state index contributed by atoms with van der Waals surface area (Å²) >= 11 is 0. The van der Waals surface area contributed by atoms with Gasteiger partial charge in [0.2, 0.25) is 0 Å². The molecule has 2 aliphatic heterocycles. The normalized spacial score (nSPS) is 28.6. The van der Waals surface area contributed by atoms with E-state index in [1.807, 2.05) is 19.1 Å². The first-order chi connectivity index (χ1) is 8.56. The molecule has 1 saturated heterocycles. The fourth-order valence-corrected chi connectivity index (χ4v) is 2.97. The number of methoxy groups -OCH3 is 1. The number of ether oxygens (including phenoxy) is 1. The number of anilines is 1. The Balaban J connectivity index is 2.01. The molecule has 2 atom stereocenters. The van der Waals surface area contributed by atoms with Gasteiger partial charge < -0.3 is 15.8 Å². The highest BCUT2D eigenvalue weighted by Crippen LogP contribution is 2.45. The molecule has 5 nitrogen and oxygen atoms in total. The third-order valence-electron chi connectivity index (χ3n) is 3.94. The maximum atomic E-state index is 11.7. The standard InChI is InChI=1S/C13H17N3O2/c1-8-3-4-10-9(7-8)13(14)5-6-16(11(13)15-10)12(17)18-2/h3-4,7,11,15H,5-6,14H2,1-2H3/t11-,13+/m1/s1. The average molecular weight is 247 g/mol. The van der Waals surface area contributed by atoms with Crippen molar-refractivity contribution < 1.29 is 9.53 Å². The molecule has 5 heteroatoms. The molecule has 1 aromatic carbocycles. The Morgan fingerprint density at radius 2 is 2.39 bits per heavy atom. The number of amides is 1. The molecule has 18 heavy (non-hydrogen) atoms. The number of carbonyl (C=O) groups is 1. The van der Waals surface area contributed by atoms with Crippen LogP contribution in [0.25, 0.3) is 0 Å². The summed E-state index contributed by atoms with van der Waals surface area (Å²) in [7, 11) is 1.39. The number of likely N-dealkylation sites (tertiary alicyclic amines) is 1. The lowest BCUT2D eigenvalue weighted by Gasteiger charge is -2.28. The van der Waals surface area contributed by atoms with Crippen LogP contribution < -0.4 is 11.1 Å². The zero-order chi connectivity index (χ0) is 12.9. The number of carbonyl (C=O) groups excluding carboxylic acids is 1. The first-order valence-electron chi connectivity index (χ1n) is 6.07. The summed E-state index contributed by atoms with van der Waals surface area (Å²) in [5.41, 5.74) is 9.30. The van der Waals surface area contributed by atoms with E-state index in [0.717, 1.165) is 17.7 Å². The van der Waals surface area contributed by atoms with Crippen LogP contribution in [-0.2, 0) is 10.3 Å². The van der Waals surface area contributed by atoms with E-state index in [-0.39, 0.29) is 12.3 Å². The van der Waals surface area contributed by atoms with Gasteiger partial charge in [-0.2, -0.15) is 0 Å². The van der Waals surface area contributed by atoms with Crippen molar-refractivity contribution >= 4 is 11.8 Å². The quantitative estimate of drug-likeness (QED) is 0.726. The van der Waals surface area contributed by atoms with Crippen LogP contribution >= 0.6 is 0 Å². The highest BCUT2D eigenvalue weighted by Gasteiger charge is 2.53. The number of benzene rings is 1. The van der Waals surface area contributed by atoms with Crippen molar-refractivity contribution in [3.63, 3.8) is 0 Å². The Morgan fingerprint density at radius 3 is 3.11 bits per heavy atom. The minimum atomic E-state index is -0.504. The second-order valence-corrected chi connectivity index (χ2v) is 5.05. The fourth-order valence-electron chi connectivity index (χ4n) is 2.97. The summed E-state index contributed by atoms with van der Waals surface area (Å²) in [5, 5.41) is 3.33. The largest absolute Gasteiger partial charge is 0.453 e. The number of aryl methyl sites for hydroxylation is 1. The molecule has 2 heterocycles. The smallest absolute Gasteiger partial charge is 0.411 e. The molecule has 0 aromatic heterocycles. The molecule has 1 fully saturated rings. The lowest BCUT2D eigenvalue weighted by atomic mass is 9.89. The van der Waals surface area contributed by atoms with Crippen molar-refractivity contribution in [3.8, 4) is 0 Å². The van der Waals surface area contributed by atoms with Crippen LogP contribution in [0.4, 0.5) is 10.5 Å². The van der Waals surface area contributed by atoms with Crippen molar-refractivity contribution in [2.45, 2.75) is 25.0 Å². The Bertz CT molecular complexity index is 517. The van der Waals surface area contributed by atoms with Crippen molar-refractivity contribution in [2.75, 3.05) is 19.0 Å². The summed E-state index contributed by atoms with van der Waals surface area (Å²) in [5.74, 6) is 0. The van der Waals surface area contributed by atoms with E-state index >= 15 is 0 Å². The Morgan fingerprint density at radius 1 is 1.61 bits per heavy atom. The van der Waals surface area contributed by atoms with Crippen LogP contribution in [0, 0.1) is 6.92 Å². The van der Waals surface area contributed by atoms with Gasteiger partial charge in [-0.25, -0.2) is 4.79 Å². The molecule has 0 aliphatic carbocycles. The van der Waals surface area contributed by atoms with E-state index in [1.165, 1.54) is 12.7 Å². The topological polar surface area (TPSA) is 67.6 Å². The maximum Gasteiger partial charge on any atom is 0.411 e. The predicted octanol–water partition coefficient (Wildman–Crippen LogP) is 1.37. The second kappa shape index (κ2) is 3.62. The van der Waals surface area contributed by atoms with Gasteiger partial charge in [-0.05, 0) is 25.0 Å². The summed E-state index contributed by atoms with van der Waals surface area (Å²) in [4.78, 5) is 13.4. The number of rotatable bonds is 0. The number of nitrogens with two attached hydrogens (primary N) is 1. The molecule has 0 bridgehead atoms. The number of hydrogen-bond acceptors (Lipinski definition) is 4. The molecule has 2 aliphatic rings. The van der Waals surface area contributed by atoms with Crippen LogP contribution in [0.15, 0.2) is 18.2 Å². The highest BCUT2D eigenvalue weighted by atomic mass is 16.5. The monoisotopic (exact) mass is 247 g/mol. The third kappa shape index (κ3) is 1.34. The van der Waals surface area contributed by atoms with Crippen molar-refractivity contribution in [3.05, 3.63) is 29.3 Å². The van der Waals surface area contributed by atoms with Gasteiger partial charge in [0.25, 0.3) is 0 Å². The Hall–Kier alpha value is -1.75. The van der Waals surface area contributed by atoms with Gasteiger partial charge in [0.1, 0.15) is 6.17 Å². The molecule has 96 valence electrons. The van der Waals surface area contributed by atoms with E-state index in [0.29, 0.717) is 6.54 Å². The van der Waals surface area contributed by atoms with Gasteiger partial charge in [0.05, 0.1) is 12.6 Å². The summed E-state index contributed by atoms with van der Waals surface area (Å²) in [6.45, 7) is 2.66. The minimum Gasteiger partial charge on any atom is -0.453 e. The molecule has 0 saturated carbocycles. The Kier molecular flexibility index (Phi) is 2.28. The molecule has 0 unspecified atom stereocenters. The molecule has 3 N–H and O–H groups in total. The van der Waals surface area contributed by atoms with Crippen molar-refractivity contribution in [1.29, 1.82) is 0 Å². The van der Waals surface area contributed by atoms with Gasteiger partial charge in [0.15, 0.2) is 0 Å². The Labute approximate surface area is 106 Å². The lowest BCUT2D eigenvalue weighted by Crippen LogP contribution is -2.50. The average Bonchev–Trinajstić information content (AvgIpc) is 2.82. The molecule has 0 spiro atoms. The van der Waals surface area contributed by atoms with Crippen molar-refractivity contribution in [1.82, 2.24) is 4.90 Å². The van der Waals surface area contributed by atoms with Gasteiger partial charge in [-0.15, -0.1) is 0 Å². The molecule has 1 amide bonds.